The number of rotatable bonds is 5. The van der Waals surface area contributed by atoms with Gasteiger partial charge < -0.3 is 5.32 Å². The molecule has 0 fully saturated rings. The van der Waals surface area contributed by atoms with Crippen molar-refractivity contribution in [1.29, 1.82) is 0 Å². The molecule has 0 spiro atoms. The first-order chi connectivity index (χ1) is 9.88. The van der Waals surface area contributed by atoms with Gasteiger partial charge in [0, 0.05) is 12.1 Å². The number of thiazole rings is 1. The van der Waals surface area contributed by atoms with Gasteiger partial charge in [-0.2, -0.15) is 0 Å². The van der Waals surface area contributed by atoms with Crippen LogP contribution in [0.4, 0.5) is 5.13 Å². The Morgan fingerprint density at radius 3 is 2.52 bits per heavy atom. The molecule has 0 saturated carbocycles. The largest absolute Gasteiger partial charge is 0.301 e. The Bertz CT molecular complexity index is 625. The molecule has 0 aliphatic rings. The van der Waals surface area contributed by atoms with E-state index in [-0.39, 0.29) is 5.91 Å². The number of benzene rings is 1. The van der Waals surface area contributed by atoms with E-state index in [2.05, 4.69) is 42.9 Å². The lowest BCUT2D eigenvalue weighted by atomic mass is 10.2. The number of para-hydroxylation sites is 1. The van der Waals surface area contributed by atoms with E-state index < -0.39 is 0 Å². The average Bonchev–Trinajstić information content (AvgIpc) is 2.79. The zero-order chi connectivity index (χ0) is 15.6. The second kappa shape index (κ2) is 6.54. The summed E-state index contributed by atoms with van der Waals surface area (Å²) in [5.74, 6) is -0.00545. The van der Waals surface area contributed by atoms with Gasteiger partial charge in [0.1, 0.15) is 0 Å². The summed E-state index contributed by atoms with van der Waals surface area (Å²) < 4.78 is 1.11. The molecule has 1 aromatic carbocycles. The molecule has 0 radical (unpaired) electrons. The summed E-state index contributed by atoms with van der Waals surface area (Å²) in [5.41, 5.74) is 2.11. The number of anilines is 1. The van der Waals surface area contributed by atoms with Crippen LogP contribution in [0.15, 0.2) is 18.2 Å². The van der Waals surface area contributed by atoms with Crippen LogP contribution in [0.1, 0.15) is 33.3 Å². The van der Waals surface area contributed by atoms with Crippen molar-refractivity contribution in [1.82, 2.24) is 9.88 Å². The fraction of sp³-hybridized carbons (Fsp3) is 0.500. The van der Waals surface area contributed by atoms with Crippen molar-refractivity contribution in [2.75, 3.05) is 11.9 Å². The van der Waals surface area contributed by atoms with Crippen molar-refractivity contribution in [3.63, 3.8) is 0 Å². The maximum atomic E-state index is 12.2. The topological polar surface area (TPSA) is 45.2 Å². The first kappa shape index (κ1) is 15.9. The van der Waals surface area contributed by atoms with Crippen LogP contribution in [0.5, 0.6) is 0 Å². The van der Waals surface area contributed by atoms with Crippen LogP contribution in [0.2, 0.25) is 0 Å². The van der Waals surface area contributed by atoms with Gasteiger partial charge in [-0.15, -0.1) is 0 Å². The van der Waals surface area contributed by atoms with Gasteiger partial charge in [-0.25, -0.2) is 4.98 Å². The van der Waals surface area contributed by atoms with Gasteiger partial charge >= 0.3 is 0 Å². The highest BCUT2D eigenvalue weighted by molar-refractivity contribution is 7.22. The van der Waals surface area contributed by atoms with Crippen molar-refractivity contribution in [2.24, 2.45) is 0 Å². The van der Waals surface area contributed by atoms with Gasteiger partial charge in [0.05, 0.1) is 16.8 Å². The predicted octanol–water partition coefficient (Wildman–Crippen LogP) is 3.66. The molecule has 5 heteroatoms. The summed E-state index contributed by atoms with van der Waals surface area (Å²) in [5, 5.41) is 3.60. The molecule has 0 atom stereocenters. The van der Waals surface area contributed by atoms with E-state index in [4.69, 9.17) is 0 Å². The molecule has 0 bridgehead atoms. The highest BCUT2D eigenvalue weighted by atomic mass is 32.1. The lowest BCUT2D eigenvalue weighted by Crippen LogP contribution is -2.42. The highest BCUT2D eigenvalue weighted by Gasteiger charge is 2.18. The zero-order valence-electron chi connectivity index (χ0n) is 13.3. The minimum atomic E-state index is -0.00545. The quantitative estimate of drug-likeness (QED) is 0.917. The molecule has 114 valence electrons. The number of nitrogens with zero attached hydrogens (tertiary/aromatic N) is 2. The van der Waals surface area contributed by atoms with Gasteiger partial charge in [0.2, 0.25) is 5.91 Å². The van der Waals surface area contributed by atoms with Crippen LogP contribution in [0, 0.1) is 6.92 Å². The molecule has 1 N–H and O–H groups in total. The van der Waals surface area contributed by atoms with Gasteiger partial charge in [-0.1, -0.05) is 23.5 Å². The molecule has 1 amide bonds. The van der Waals surface area contributed by atoms with Gasteiger partial charge in [0.15, 0.2) is 5.13 Å². The van der Waals surface area contributed by atoms with E-state index in [1.54, 1.807) is 0 Å². The molecule has 1 heterocycles. The van der Waals surface area contributed by atoms with Gasteiger partial charge in [-0.3, -0.25) is 9.69 Å². The van der Waals surface area contributed by atoms with Crippen LogP contribution in [0.3, 0.4) is 0 Å². The van der Waals surface area contributed by atoms with E-state index >= 15 is 0 Å². The monoisotopic (exact) mass is 305 g/mol. The zero-order valence-corrected chi connectivity index (χ0v) is 14.1. The Kier molecular flexibility index (Phi) is 4.96. The number of carbonyl (C=O) groups is 1. The number of nitrogens with one attached hydrogen (secondary N) is 1. The molecule has 0 saturated heterocycles. The molecule has 4 nitrogen and oxygen atoms in total. The van der Waals surface area contributed by atoms with Crippen LogP contribution in [0.25, 0.3) is 10.2 Å². The number of amides is 1. The van der Waals surface area contributed by atoms with Crippen molar-refractivity contribution < 1.29 is 4.79 Å². The van der Waals surface area contributed by atoms with Crippen molar-refractivity contribution in [3.05, 3.63) is 23.8 Å². The van der Waals surface area contributed by atoms with Crippen LogP contribution >= 0.6 is 11.3 Å². The summed E-state index contributed by atoms with van der Waals surface area (Å²) in [6.45, 7) is 10.8. The summed E-state index contributed by atoms with van der Waals surface area (Å²) in [6, 6.07) is 6.76. The SMILES string of the molecule is Cc1cccc2sc(NC(=O)CN(C(C)C)C(C)C)nc12. The number of hydrogen-bond acceptors (Lipinski definition) is 4. The Morgan fingerprint density at radius 1 is 1.29 bits per heavy atom. The summed E-state index contributed by atoms with van der Waals surface area (Å²) in [7, 11) is 0. The Hall–Kier alpha value is -1.46. The molecule has 0 aliphatic heterocycles. The van der Waals surface area contributed by atoms with Crippen molar-refractivity contribution in [3.8, 4) is 0 Å². The highest BCUT2D eigenvalue weighted by Crippen LogP contribution is 2.27. The van der Waals surface area contributed by atoms with E-state index in [9.17, 15) is 4.79 Å². The van der Waals surface area contributed by atoms with Crippen LogP contribution in [-0.4, -0.2) is 34.4 Å². The van der Waals surface area contributed by atoms with Crippen LogP contribution < -0.4 is 5.32 Å². The Labute approximate surface area is 130 Å². The summed E-state index contributed by atoms with van der Waals surface area (Å²) in [6.07, 6.45) is 0. The van der Waals surface area contributed by atoms with E-state index in [1.807, 2.05) is 25.1 Å². The smallest absolute Gasteiger partial charge is 0.240 e. The Morgan fingerprint density at radius 2 is 1.95 bits per heavy atom. The Balaban J connectivity index is 2.09. The fourth-order valence-corrected chi connectivity index (χ4v) is 3.39. The van der Waals surface area contributed by atoms with E-state index in [0.29, 0.717) is 23.8 Å². The van der Waals surface area contributed by atoms with E-state index in [1.165, 1.54) is 11.3 Å². The molecular formula is C16H23N3OS. The summed E-state index contributed by atoms with van der Waals surface area (Å²) in [4.78, 5) is 18.9. The van der Waals surface area contributed by atoms with E-state index in [0.717, 1.165) is 15.8 Å². The minimum Gasteiger partial charge on any atom is -0.301 e. The number of aryl methyl sites for hydroxylation is 1. The van der Waals surface area contributed by atoms with Crippen LogP contribution in [-0.2, 0) is 4.79 Å². The minimum absolute atomic E-state index is 0.00545. The maximum absolute atomic E-state index is 12.2. The molecule has 2 rings (SSSR count). The second-order valence-corrected chi connectivity index (χ2v) is 6.88. The van der Waals surface area contributed by atoms with Crippen molar-refractivity contribution in [2.45, 2.75) is 46.7 Å². The van der Waals surface area contributed by atoms with Crippen molar-refractivity contribution >= 4 is 32.6 Å². The lowest BCUT2D eigenvalue weighted by Gasteiger charge is -2.29. The van der Waals surface area contributed by atoms with Gasteiger partial charge in [0.25, 0.3) is 0 Å². The lowest BCUT2D eigenvalue weighted by molar-refractivity contribution is -0.118. The van der Waals surface area contributed by atoms with Gasteiger partial charge in [-0.05, 0) is 46.2 Å². The third-order valence-electron chi connectivity index (χ3n) is 3.52. The number of fused-ring (bicyclic) bond motifs is 1. The number of carbonyl (C=O) groups excluding carboxylic acids is 1. The fourth-order valence-electron chi connectivity index (χ4n) is 2.43. The summed E-state index contributed by atoms with van der Waals surface area (Å²) >= 11 is 1.52. The molecule has 0 unspecified atom stereocenters. The second-order valence-electron chi connectivity index (χ2n) is 5.85. The maximum Gasteiger partial charge on any atom is 0.240 e. The first-order valence-electron chi connectivity index (χ1n) is 7.30. The molecule has 2 aromatic rings. The number of aromatic nitrogens is 1. The standard InChI is InChI=1S/C16H23N3OS/c1-10(2)19(11(3)4)9-14(20)17-16-18-15-12(5)7-6-8-13(15)21-16/h6-8,10-11H,9H2,1-5H3,(H,17,18,20). The average molecular weight is 305 g/mol. The molecular weight excluding hydrogens is 282 g/mol. The third kappa shape index (κ3) is 3.80. The predicted molar refractivity (Wildman–Crippen MR) is 90.0 cm³/mol. The normalized spacial score (nSPS) is 11.8. The number of hydrogen-bond donors (Lipinski definition) is 1. The molecule has 1 aromatic heterocycles. The molecule has 21 heavy (non-hydrogen) atoms. The third-order valence-corrected chi connectivity index (χ3v) is 4.46. The first-order valence-corrected chi connectivity index (χ1v) is 8.12. The molecule has 0 aliphatic carbocycles.